The van der Waals surface area contributed by atoms with E-state index in [2.05, 4.69) is 150 Å². The average Bonchev–Trinajstić information content (AvgIpc) is 3.74. The van der Waals surface area contributed by atoms with Crippen LogP contribution in [-0.4, -0.2) is 14.5 Å². The molecule has 10 aromatic rings. The Balaban J connectivity index is 1.04. The number of fused-ring (bicyclic) bond motifs is 6. The number of nitrogens with zero attached hydrogens (tertiary/aromatic N) is 3. The molecule has 0 unspecified atom stereocenters. The van der Waals surface area contributed by atoms with Crippen LogP contribution in [0.25, 0.3) is 94.5 Å². The third-order valence-corrected chi connectivity index (χ3v) is 9.65. The minimum Gasteiger partial charge on any atom is -0.456 e. The molecule has 0 N–H and O–H groups in total. The lowest BCUT2D eigenvalue weighted by Gasteiger charge is -2.12. The van der Waals surface area contributed by atoms with Gasteiger partial charge in [0.25, 0.3) is 0 Å². The van der Waals surface area contributed by atoms with Crippen molar-refractivity contribution < 1.29 is 4.42 Å². The standard InChI is InChI=1S/C46H29N3O/c1-2-10-33(11-3-1)46-47-40(31-20-18-30(19-21-31)34-24-27-45-39(28-34)38-14-6-9-17-44(38)50-45)29-41(48-46)32-22-25-35(26-23-32)49-42-15-7-4-12-36(42)37-13-5-8-16-43(37)49/h1-29H. The fourth-order valence-electron chi connectivity index (χ4n) is 7.18. The molecular formula is C46H29N3O. The number of hydrogen-bond acceptors (Lipinski definition) is 3. The van der Waals surface area contributed by atoms with E-state index in [9.17, 15) is 0 Å². The Morgan fingerprint density at radius 1 is 0.360 bits per heavy atom. The number of furan rings is 1. The van der Waals surface area contributed by atoms with Gasteiger partial charge in [-0.3, -0.25) is 0 Å². The van der Waals surface area contributed by atoms with E-state index in [-0.39, 0.29) is 0 Å². The van der Waals surface area contributed by atoms with Crippen LogP contribution < -0.4 is 0 Å². The van der Waals surface area contributed by atoms with Gasteiger partial charge in [0, 0.05) is 43.9 Å². The summed E-state index contributed by atoms with van der Waals surface area (Å²) >= 11 is 0. The maximum absolute atomic E-state index is 6.06. The molecule has 0 amide bonds. The normalized spacial score (nSPS) is 11.6. The van der Waals surface area contributed by atoms with Gasteiger partial charge in [0.1, 0.15) is 11.2 Å². The topological polar surface area (TPSA) is 43.9 Å². The molecular weight excluding hydrogens is 611 g/mol. The molecule has 234 valence electrons. The molecule has 0 fully saturated rings. The van der Waals surface area contributed by atoms with Gasteiger partial charge in [-0.2, -0.15) is 0 Å². The number of benzene rings is 7. The Hall–Kier alpha value is -6.78. The molecule has 0 radical (unpaired) electrons. The number of rotatable bonds is 5. The molecule has 4 nitrogen and oxygen atoms in total. The molecule has 4 heteroatoms. The highest BCUT2D eigenvalue weighted by Crippen LogP contribution is 2.35. The van der Waals surface area contributed by atoms with Gasteiger partial charge in [-0.1, -0.05) is 127 Å². The predicted octanol–water partition coefficient (Wildman–Crippen LogP) is 12.1. The second kappa shape index (κ2) is 11.4. The predicted molar refractivity (Wildman–Crippen MR) is 205 cm³/mol. The van der Waals surface area contributed by atoms with E-state index in [1.54, 1.807) is 0 Å². The van der Waals surface area contributed by atoms with Gasteiger partial charge in [-0.15, -0.1) is 0 Å². The number of hydrogen-bond donors (Lipinski definition) is 0. The van der Waals surface area contributed by atoms with Gasteiger partial charge in [0.15, 0.2) is 5.82 Å². The first kappa shape index (κ1) is 28.3. The highest BCUT2D eigenvalue weighted by molar-refractivity contribution is 6.09. The van der Waals surface area contributed by atoms with Crippen LogP contribution in [0.2, 0.25) is 0 Å². The van der Waals surface area contributed by atoms with Crippen molar-refractivity contribution in [2.24, 2.45) is 0 Å². The zero-order valence-electron chi connectivity index (χ0n) is 27.0. The number of aromatic nitrogens is 3. The molecule has 3 aromatic heterocycles. The summed E-state index contributed by atoms with van der Waals surface area (Å²) in [5.74, 6) is 0.700. The van der Waals surface area contributed by atoms with Crippen molar-refractivity contribution >= 4 is 43.7 Å². The Morgan fingerprint density at radius 3 is 1.56 bits per heavy atom. The Bertz CT molecular complexity index is 2790. The van der Waals surface area contributed by atoms with Crippen molar-refractivity contribution in [3.63, 3.8) is 0 Å². The van der Waals surface area contributed by atoms with E-state index in [0.29, 0.717) is 5.82 Å². The fourth-order valence-corrected chi connectivity index (χ4v) is 7.18. The molecule has 50 heavy (non-hydrogen) atoms. The zero-order valence-corrected chi connectivity index (χ0v) is 27.0. The van der Waals surface area contributed by atoms with Crippen LogP contribution in [0.5, 0.6) is 0 Å². The van der Waals surface area contributed by atoms with Gasteiger partial charge in [-0.05, 0) is 59.7 Å². The molecule has 0 aliphatic rings. The van der Waals surface area contributed by atoms with Crippen LogP contribution in [-0.2, 0) is 0 Å². The van der Waals surface area contributed by atoms with Crippen molar-refractivity contribution in [1.82, 2.24) is 14.5 Å². The molecule has 7 aromatic carbocycles. The second-order valence-corrected chi connectivity index (χ2v) is 12.6. The zero-order chi connectivity index (χ0) is 33.0. The molecule has 0 spiro atoms. The van der Waals surface area contributed by atoms with Crippen molar-refractivity contribution in [2.45, 2.75) is 0 Å². The molecule has 10 rings (SSSR count). The molecule has 0 bridgehead atoms. The lowest BCUT2D eigenvalue weighted by atomic mass is 10.00. The van der Waals surface area contributed by atoms with Crippen molar-refractivity contribution in [2.75, 3.05) is 0 Å². The monoisotopic (exact) mass is 639 g/mol. The van der Waals surface area contributed by atoms with Gasteiger partial charge in [0.05, 0.1) is 22.4 Å². The molecule has 0 saturated carbocycles. The summed E-state index contributed by atoms with van der Waals surface area (Å²) in [6.07, 6.45) is 0. The van der Waals surface area contributed by atoms with Crippen LogP contribution in [0.15, 0.2) is 180 Å². The van der Waals surface area contributed by atoms with Crippen LogP contribution in [0.1, 0.15) is 0 Å². The summed E-state index contributed by atoms with van der Waals surface area (Å²) in [6, 6.07) is 61.4. The van der Waals surface area contributed by atoms with E-state index < -0.39 is 0 Å². The lowest BCUT2D eigenvalue weighted by Crippen LogP contribution is -1.97. The van der Waals surface area contributed by atoms with E-state index in [4.69, 9.17) is 14.4 Å². The fraction of sp³-hybridized carbons (Fsp3) is 0. The van der Waals surface area contributed by atoms with E-state index in [1.165, 1.54) is 21.8 Å². The summed E-state index contributed by atoms with van der Waals surface area (Å²) in [6.45, 7) is 0. The largest absolute Gasteiger partial charge is 0.456 e. The maximum atomic E-state index is 6.06. The first-order chi connectivity index (χ1) is 24.8. The lowest BCUT2D eigenvalue weighted by molar-refractivity contribution is 0.669. The van der Waals surface area contributed by atoms with E-state index in [0.717, 1.165) is 66.8 Å². The molecule has 0 saturated heterocycles. The van der Waals surface area contributed by atoms with Crippen LogP contribution in [0.4, 0.5) is 0 Å². The van der Waals surface area contributed by atoms with Crippen molar-refractivity contribution in [3.05, 3.63) is 176 Å². The highest BCUT2D eigenvalue weighted by Gasteiger charge is 2.14. The minimum absolute atomic E-state index is 0.700. The van der Waals surface area contributed by atoms with Gasteiger partial charge in [0.2, 0.25) is 0 Å². The SMILES string of the molecule is c1ccc(-c2nc(-c3ccc(-c4ccc5oc6ccccc6c5c4)cc3)cc(-c3ccc(-n4c5ccccc5c5ccccc54)cc3)n2)cc1. The van der Waals surface area contributed by atoms with Gasteiger partial charge >= 0.3 is 0 Å². The first-order valence-corrected chi connectivity index (χ1v) is 16.8. The van der Waals surface area contributed by atoms with Gasteiger partial charge in [-0.25, -0.2) is 9.97 Å². The minimum atomic E-state index is 0.700. The summed E-state index contributed by atoms with van der Waals surface area (Å²) in [7, 11) is 0. The van der Waals surface area contributed by atoms with Crippen LogP contribution in [0, 0.1) is 0 Å². The van der Waals surface area contributed by atoms with Crippen LogP contribution in [0.3, 0.4) is 0 Å². The molecule has 0 aliphatic carbocycles. The Morgan fingerprint density at radius 2 is 0.880 bits per heavy atom. The third kappa shape index (κ3) is 4.69. The van der Waals surface area contributed by atoms with Crippen LogP contribution >= 0.6 is 0 Å². The van der Waals surface area contributed by atoms with Crippen molar-refractivity contribution in [3.8, 4) is 50.7 Å². The van der Waals surface area contributed by atoms with E-state index in [1.807, 2.05) is 30.3 Å². The highest BCUT2D eigenvalue weighted by atomic mass is 16.3. The average molecular weight is 640 g/mol. The van der Waals surface area contributed by atoms with Gasteiger partial charge < -0.3 is 8.98 Å². The second-order valence-electron chi connectivity index (χ2n) is 12.6. The summed E-state index contributed by atoms with van der Waals surface area (Å²) < 4.78 is 8.40. The summed E-state index contributed by atoms with van der Waals surface area (Å²) in [5.41, 5.74) is 12.4. The first-order valence-electron chi connectivity index (χ1n) is 16.8. The molecule has 0 aliphatic heterocycles. The Kier molecular flexibility index (Phi) is 6.46. The number of para-hydroxylation sites is 3. The van der Waals surface area contributed by atoms with Crippen molar-refractivity contribution in [1.29, 1.82) is 0 Å². The molecule has 3 heterocycles. The van der Waals surface area contributed by atoms with E-state index >= 15 is 0 Å². The third-order valence-electron chi connectivity index (χ3n) is 9.65. The summed E-state index contributed by atoms with van der Waals surface area (Å²) in [5, 5.41) is 4.76. The Labute approximate surface area is 288 Å². The smallest absolute Gasteiger partial charge is 0.160 e. The molecule has 0 atom stereocenters. The summed E-state index contributed by atoms with van der Waals surface area (Å²) in [4.78, 5) is 10.1. The maximum Gasteiger partial charge on any atom is 0.160 e. The quantitative estimate of drug-likeness (QED) is 0.188.